The van der Waals surface area contributed by atoms with E-state index in [1.807, 2.05) is 0 Å². The number of hydrogen-bond acceptors (Lipinski definition) is 15. The predicted molar refractivity (Wildman–Crippen MR) is 414 cm³/mol. The van der Waals surface area contributed by atoms with Crippen molar-refractivity contribution in [3.05, 3.63) is 24.3 Å². The molecular formula is C82H156O17P2. The number of carbonyl (C=O) groups is 4. The molecule has 19 heteroatoms. The van der Waals surface area contributed by atoms with Crippen molar-refractivity contribution in [1.82, 2.24) is 0 Å². The average molecular weight is 1480 g/mol. The number of unbranched alkanes of at least 4 members (excludes halogenated alkanes) is 48. The van der Waals surface area contributed by atoms with Gasteiger partial charge in [0.1, 0.15) is 19.3 Å². The molecule has 0 saturated carbocycles. The number of esters is 4. The highest BCUT2D eigenvalue weighted by atomic mass is 31.2. The molecule has 0 aromatic heterocycles. The van der Waals surface area contributed by atoms with E-state index < -0.39 is 97.5 Å². The Hall–Kier alpha value is -2.46. The van der Waals surface area contributed by atoms with Crippen LogP contribution in [0.25, 0.3) is 0 Å². The van der Waals surface area contributed by atoms with Crippen LogP contribution in [0.2, 0.25) is 0 Å². The molecule has 0 aromatic carbocycles. The lowest BCUT2D eigenvalue weighted by atomic mass is 10.00. The molecule has 0 rings (SSSR count). The Balaban J connectivity index is 5.25. The smallest absolute Gasteiger partial charge is 0.462 e. The molecule has 17 nitrogen and oxygen atoms in total. The van der Waals surface area contributed by atoms with Gasteiger partial charge in [-0.25, -0.2) is 9.13 Å². The Kier molecular flexibility index (Phi) is 72.6. The van der Waals surface area contributed by atoms with E-state index in [2.05, 4.69) is 58.9 Å². The highest BCUT2D eigenvalue weighted by Crippen LogP contribution is 2.45. The zero-order chi connectivity index (χ0) is 74.1. The van der Waals surface area contributed by atoms with Gasteiger partial charge in [0, 0.05) is 25.7 Å². The molecule has 0 aromatic rings. The number of phosphoric acid groups is 2. The maximum atomic E-state index is 13.1. The van der Waals surface area contributed by atoms with Gasteiger partial charge in [-0.2, -0.15) is 0 Å². The molecule has 596 valence electrons. The van der Waals surface area contributed by atoms with E-state index in [4.69, 9.17) is 37.0 Å². The fourth-order valence-electron chi connectivity index (χ4n) is 12.2. The number of hydrogen-bond donors (Lipinski definition) is 3. The number of carbonyl (C=O) groups excluding carboxylic acids is 4. The van der Waals surface area contributed by atoms with Crippen molar-refractivity contribution >= 4 is 39.5 Å². The summed E-state index contributed by atoms with van der Waals surface area (Å²) in [6, 6.07) is 0. The average Bonchev–Trinajstić information content (AvgIpc) is 0.965. The molecule has 0 saturated heterocycles. The molecule has 3 unspecified atom stereocenters. The molecule has 0 bridgehead atoms. The highest BCUT2D eigenvalue weighted by Gasteiger charge is 2.30. The van der Waals surface area contributed by atoms with Crippen molar-refractivity contribution in [2.45, 2.75) is 432 Å². The second kappa shape index (κ2) is 74.4. The summed E-state index contributed by atoms with van der Waals surface area (Å²) in [4.78, 5) is 73.0. The molecule has 6 atom stereocenters. The first-order valence-electron chi connectivity index (χ1n) is 42.0. The maximum Gasteiger partial charge on any atom is 0.472 e. The van der Waals surface area contributed by atoms with E-state index in [9.17, 15) is 43.2 Å². The van der Waals surface area contributed by atoms with Crippen LogP contribution in [0.15, 0.2) is 24.3 Å². The summed E-state index contributed by atoms with van der Waals surface area (Å²) < 4.78 is 68.7. The third-order valence-electron chi connectivity index (χ3n) is 19.0. The third-order valence-corrected chi connectivity index (χ3v) is 20.9. The van der Waals surface area contributed by atoms with E-state index in [0.717, 1.165) is 121 Å². The first-order valence-corrected chi connectivity index (χ1v) is 45.0. The SMILES string of the molecule is CCCCCC/C=C\C=C/CCCCCCCC(=O)OC[C@H](COP(=O)(O)OC[C@@H](O)COP(=O)(O)OC[C@@H](COC(=O)CCCCCCCCC(C)CC)OC(=O)CCCCCCCCCCCCCCCCC)OC(=O)CCCCCCCCCCCCCCCCCCCCCCC. The lowest BCUT2D eigenvalue weighted by Gasteiger charge is -2.21. The lowest BCUT2D eigenvalue weighted by Crippen LogP contribution is -2.30. The van der Waals surface area contributed by atoms with Crippen molar-refractivity contribution < 1.29 is 80.2 Å². The molecule has 0 amide bonds. The molecule has 0 radical (unpaired) electrons. The minimum atomic E-state index is -4.97. The van der Waals surface area contributed by atoms with Gasteiger partial charge in [0.05, 0.1) is 26.4 Å². The van der Waals surface area contributed by atoms with Crippen LogP contribution in [0, 0.1) is 5.92 Å². The van der Waals surface area contributed by atoms with Gasteiger partial charge >= 0.3 is 39.5 Å². The molecule has 101 heavy (non-hydrogen) atoms. The minimum absolute atomic E-state index is 0.102. The van der Waals surface area contributed by atoms with E-state index in [1.165, 1.54) is 212 Å². The second-order valence-corrected chi connectivity index (χ2v) is 32.0. The zero-order valence-corrected chi connectivity index (χ0v) is 67.3. The van der Waals surface area contributed by atoms with E-state index in [1.54, 1.807) is 0 Å². The summed E-state index contributed by atoms with van der Waals surface area (Å²) in [5.74, 6) is -1.41. The summed E-state index contributed by atoms with van der Waals surface area (Å²) in [5, 5.41) is 10.6. The highest BCUT2D eigenvalue weighted by molar-refractivity contribution is 7.47. The molecular weight excluding hydrogens is 1320 g/mol. The lowest BCUT2D eigenvalue weighted by molar-refractivity contribution is -0.161. The van der Waals surface area contributed by atoms with Gasteiger partial charge < -0.3 is 33.8 Å². The summed E-state index contributed by atoms with van der Waals surface area (Å²) in [5.41, 5.74) is 0. The largest absolute Gasteiger partial charge is 0.472 e. The fourth-order valence-corrected chi connectivity index (χ4v) is 13.8. The molecule has 0 aliphatic carbocycles. The minimum Gasteiger partial charge on any atom is -0.462 e. The summed E-state index contributed by atoms with van der Waals surface area (Å²) in [7, 11) is -9.93. The first kappa shape index (κ1) is 98.5. The summed E-state index contributed by atoms with van der Waals surface area (Å²) in [6.07, 6.45) is 68.9. The van der Waals surface area contributed by atoms with Crippen molar-refractivity contribution in [3.8, 4) is 0 Å². The van der Waals surface area contributed by atoms with Crippen LogP contribution in [0.5, 0.6) is 0 Å². The molecule has 0 fully saturated rings. The quantitative estimate of drug-likeness (QED) is 0.0169. The van der Waals surface area contributed by atoms with Gasteiger partial charge in [-0.3, -0.25) is 37.3 Å². The number of allylic oxidation sites excluding steroid dienone is 4. The normalized spacial score (nSPS) is 14.3. The van der Waals surface area contributed by atoms with E-state index in [-0.39, 0.29) is 25.7 Å². The molecule has 0 spiro atoms. The Morgan fingerprint density at radius 2 is 0.554 bits per heavy atom. The van der Waals surface area contributed by atoms with E-state index >= 15 is 0 Å². The van der Waals surface area contributed by atoms with Crippen LogP contribution in [0.1, 0.15) is 413 Å². The maximum absolute atomic E-state index is 13.1. The first-order chi connectivity index (χ1) is 49.1. The molecule has 0 aliphatic rings. The van der Waals surface area contributed by atoms with Gasteiger partial charge in [0.2, 0.25) is 0 Å². The molecule has 3 N–H and O–H groups in total. The zero-order valence-electron chi connectivity index (χ0n) is 65.5. The third kappa shape index (κ3) is 74.2. The number of ether oxygens (including phenoxy) is 4. The van der Waals surface area contributed by atoms with Gasteiger partial charge in [-0.15, -0.1) is 0 Å². The van der Waals surface area contributed by atoms with Crippen LogP contribution >= 0.6 is 15.6 Å². The topological polar surface area (TPSA) is 237 Å². The van der Waals surface area contributed by atoms with Crippen LogP contribution in [0.4, 0.5) is 0 Å². The number of rotatable bonds is 80. The van der Waals surface area contributed by atoms with Gasteiger partial charge in [-0.1, -0.05) is 361 Å². The fraction of sp³-hybridized carbons (Fsp3) is 0.902. The van der Waals surface area contributed by atoms with Crippen molar-refractivity contribution in [2.75, 3.05) is 39.6 Å². The second-order valence-electron chi connectivity index (χ2n) is 29.1. The summed E-state index contributed by atoms with van der Waals surface area (Å²) in [6.45, 7) is 7.23. The Morgan fingerprint density at radius 3 is 0.842 bits per heavy atom. The Morgan fingerprint density at radius 1 is 0.317 bits per heavy atom. The van der Waals surface area contributed by atoms with Gasteiger partial charge in [-0.05, 0) is 57.3 Å². The van der Waals surface area contributed by atoms with Crippen LogP contribution < -0.4 is 0 Å². The van der Waals surface area contributed by atoms with Crippen molar-refractivity contribution in [1.29, 1.82) is 0 Å². The van der Waals surface area contributed by atoms with Crippen molar-refractivity contribution in [2.24, 2.45) is 5.92 Å². The van der Waals surface area contributed by atoms with Crippen LogP contribution in [-0.4, -0.2) is 96.7 Å². The van der Waals surface area contributed by atoms with Gasteiger partial charge in [0.15, 0.2) is 12.2 Å². The van der Waals surface area contributed by atoms with Crippen LogP contribution in [0.3, 0.4) is 0 Å². The number of aliphatic hydroxyl groups excluding tert-OH is 1. The predicted octanol–water partition coefficient (Wildman–Crippen LogP) is 24.4. The van der Waals surface area contributed by atoms with E-state index in [0.29, 0.717) is 25.7 Å². The number of phosphoric ester groups is 2. The monoisotopic (exact) mass is 1480 g/mol. The van der Waals surface area contributed by atoms with Gasteiger partial charge in [0.25, 0.3) is 0 Å². The Bertz CT molecular complexity index is 2020. The van der Waals surface area contributed by atoms with Crippen molar-refractivity contribution in [3.63, 3.8) is 0 Å². The Labute approximate surface area is 618 Å². The summed E-state index contributed by atoms with van der Waals surface area (Å²) >= 11 is 0. The standard InChI is InChI=1S/C82H156O17P2/c1-6-10-13-16-19-22-25-28-31-32-33-34-35-36-39-42-45-48-51-58-63-67-81(86)98-77(71-92-79(84)65-60-55-49-46-43-40-37-29-26-23-20-17-14-11-7-2)73-96-100(88,89)94-69-76(83)70-95-101(90,91)97-74-78(72-93-80(85)66-61-56-53-52-54-59-64-75(5)9-4)99-82(87)68-62-57-50-47-44-41-38-30-27-24-21-18-15-12-8-3/h23,26,29,37,75-78,83H,6-22,24-25,27-28,30-36,38-74H2,1-5H3,(H,88,89)(H,90,91)/b26-23-,37-29-/t75?,76-,77-,78-/m1/s1. The molecule has 0 heterocycles. The molecule has 0 aliphatic heterocycles. The van der Waals surface area contributed by atoms with Crippen LogP contribution in [-0.2, 0) is 65.4 Å². The number of aliphatic hydroxyl groups is 1.